The van der Waals surface area contributed by atoms with E-state index in [0.29, 0.717) is 5.95 Å². The summed E-state index contributed by atoms with van der Waals surface area (Å²) in [5, 5.41) is 6.71. The van der Waals surface area contributed by atoms with Crippen LogP contribution in [0.3, 0.4) is 0 Å². The Morgan fingerprint density at radius 3 is 2.54 bits per heavy atom. The minimum absolute atomic E-state index is 0.566. The zero-order valence-electron chi connectivity index (χ0n) is 16.1. The van der Waals surface area contributed by atoms with Gasteiger partial charge >= 0.3 is 0 Å². The number of aromatic nitrogens is 2. The van der Waals surface area contributed by atoms with Crippen molar-refractivity contribution >= 4 is 28.8 Å². The summed E-state index contributed by atoms with van der Waals surface area (Å²) in [6, 6.07) is 18.5. The molecule has 3 aromatic rings. The van der Waals surface area contributed by atoms with Crippen LogP contribution in [0.2, 0.25) is 0 Å². The van der Waals surface area contributed by atoms with E-state index in [4.69, 9.17) is 4.74 Å². The molecule has 0 aliphatic carbocycles. The molecule has 0 unspecified atom stereocenters. The third kappa shape index (κ3) is 4.40. The predicted octanol–water partition coefficient (Wildman–Crippen LogP) is 4.36. The summed E-state index contributed by atoms with van der Waals surface area (Å²) in [5.74, 6) is 1.32. The zero-order valence-corrected chi connectivity index (χ0v) is 16.1. The smallest absolute Gasteiger partial charge is 0.229 e. The van der Waals surface area contributed by atoms with E-state index in [1.165, 1.54) is 5.56 Å². The SMILES string of the molecule is CCc1ccc(Nc2ccnc(Nc3ccccc3N3CCOCC3)n2)cc1. The minimum Gasteiger partial charge on any atom is -0.378 e. The van der Waals surface area contributed by atoms with Gasteiger partial charge in [0.05, 0.1) is 24.6 Å². The van der Waals surface area contributed by atoms with Gasteiger partial charge in [-0.3, -0.25) is 0 Å². The Kier molecular flexibility index (Phi) is 5.68. The first-order valence-electron chi connectivity index (χ1n) is 9.69. The summed E-state index contributed by atoms with van der Waals surface area (Å²) in [5.41, 5.74) is 4.46. The molecule has 0 atom stereocenters. The highest BCUT2D eigenvalue weighted by Crippen LogP contribution is 2.28. The monoisotopic (exact) mass is 375 g/mol. The Balaban J connectivity index is 1.50. The molecule has 1 aromatic heterocycles. The van der Waals surface area contributed by atoms with Crippen LogP contribution in [0.4, 0.5) is 28.8 Å². The molecule has 0 amide bonds. The average molecular weight is 375 g/mol. The van der Waals surface area contributed by atoms with Crippen LogP contribution in [0.15, 0.2) is 60.8 Å². The Morgan fingerprint density at radius 2 is 1.75 bits per heavy atom. The van der Waals surface area contributed by atoms with Gasteiger partial charge in [-0.15, -0.1) is 0 Å². The maximum Gasteiger partial charge on any atom is 0.229 e. The van der Waals surface area contributed by atoms with Gasteiger partial charge < -0.3 is 20.3 Å². The van der Waals surface area contributed by atoms with Crippen molar-refractivity contribution in [3.63, 3.8) is 0 Å². The van der Waals surface area contributed by atoms with E-state index >= 15 is 0 Å². The number of morpholine rings is 1. The van der Waals surface area contributed by atoms with Crippen molar-refractivity contribution < 1.29 is 4.74 Å². The van der Waals surface area contributed by atoms with Crippen LogP contribution in [0.25, 0.3) is 0 Å². The molecular weight excluding hydrogens is 350 g/mol. The molecule has 1 aliphatic rings. The van der Waals surface area contributed by atoms with Crippen molar-refractivity contribution in [3.8, 4) is 0 Å². The van der Waals surface area contributed by atoms with E-state index in [0.717, 1.165) is 55.6 Å². The predicted molar refractivity (Wildman–Crippen MR) is 114 cm³/mol. The molecule has 28 heavy (non-hydrogen) atoms. The van der Waals surface area contributed by atoms with Crippen LogP contribution in [-0.4, -0.2) is 36.3 Å². The number of anilines is 5. The van der Waals surface area contributed by atoms with Crippen molar-refractivity contribution in [2.24, 2.45) is 0 Å². The van der Waals surface area contributed by atoms with Gasteiger partial charge in [-0.05, 0) is 42.3 Å². The molecule has 2 N–H and O–H groups in total. The fourth-order valence-corrected chi connectivity index (χ4v) is 3.24. The minimum atomic E-state index is 0.566. The van der Waals surface area contributed by atoms with Crippen LogP contribution >= 0.6 is 0 Å². The number of hydrogen-bond donors (Lipinski definition) is 2. The number of hydrogen-bond acceptors (Lipinski definition) is 6. The van der Waals surface area contributed by atoms with Gasteiger partial charge in [0.25, 0.3) is 0 Å². The van der Waals surface area contributed by atoms with Gasteiger partial charge in [-0.25, -0.2) is 4.98 Å². The summed E-state index contributed by atoms with van der Waals surface area (Å²) >= 11 is 0. The number of nitrogens with zero attached hydrogens (tertiary/aromatic N) is 3. The van der Waals surface area contributed by atoms with Crippen LogP contribution < -0.4 is 15.5 Å². The second kappa shape index (κ2) is 8.71. The molecule has 0 radical (unpaired) electrons. The molecule has 6 nitrogen and oxygen atoms in total. The number of rotatable bonds is 6. The lowest BCUT2D eigenvalue weighted by atomic mass is 10.1. The van der Waals surface area contributed by atoms with Crippen LogP contribution in [-0.2, 0) is 11.2 Å². The maximum absolute atomic E-state index is 5.47. The number of para-hydroxylation sites is 2. The number of nitrogens with one attached hydrogen (secondary N) is 2. The molecular formula is C22H25N5O. The lowest BCUT2D eigenvalue weighted by Gasteiger charge is -2.30. The van der Waals surface area contributed by atoms with E-state index < -0.39 is 0 Å². The molecule has 144 valence electrons. The van der Waals surface area contributed by atoms with Crippen molar-refractivity contribution in [1.29, 1.82) is 0 Å². The van der Waals surface area contributed by atoms with Gasteiger partial charge in [-0.2, -0.15) is 4.98 Å². The van der Waals surface area contributed by atoms with Crippen LogP contribution in [0, 0.1) is 0 Å². The van der Waals surface area contributed by atoms with Crippen molar-refractivity contribution in [2.75, 3.05) is 41.8 Å². The highest BCUT2D eigenvalue weighted by atomic mass is 16.5. The Morgan fingerprint density at radius 1 is 0.964 bits per heavy atom. The first kappa shape index (κ1) is 18.3. The third-order valence-corrected chi connectivity index (χ3v) is 4.79. The largest absolute Gasteiger partial charge is 0.378 e. The van der Waals surface area contributed by atoms with Gasteiger partial charge in [0, 0.05) is 25.0 Å². The van der Waals surface area contributed by atoms with Crippen LogP contribution in [0.5, 0.6) is 0 Å². The molecule has 0 saturated carbocycles. The number of ether oxygens (including phenoxy) is 1. The molecule has 1 aliphatic heterocycles. The Labute approximate surface area is 165 Å². The molecule has 1 saturated heterocycles. The summed E-state index contributed by atoms with van der Waals surface area (Å²) in [4.78, 5) is 11.3. The summed E-state index contributed by atoms with van der Waals surface area (Å²) in [6.45, 7) is 5.42. The van der Waals surface area contributed by atoms with Gasteiger partial charge in [-0.1, -0.05) is 31.2 Å². The molecule has 6 heteroatoms. The second-order valence-corrected chi connectivity index (χ2v) is 6.68. The zero-order chi connectivity index (χ0) is 19.2. The quantitative estimate of drug-likeness (QED) is 0.667. The normalized spacial score (nSPS) is 14.0. The van der Waals surface area contributed by atoms with Crippen molar-refractivity contribution in [1.82, 2.24) is 9.97 Å². The molecule has 1 fully saturated rings. The third-order valence-electron chi connectivity index (χ3n) is 4.79. The number of benzene rings is 2. The second-order valence-electron chi connectivity index (χ2n) is 6.68. The molecule has 0 bridgehead atoms. The van der Waals surface area contributed by atoms with E-state index in [2.05, 4.69) is 74.9 Å². The van der Waals surface area contributed by atoms with Gasteiger partial charge in [0.15, 0.2) is 0 Å². The lowest BCUT2D eigenvalue weighted by Crippen LogP contribution is -2.36. The number of aryl methyl sites for hydroxylation is 1. The highest BCUT2D eigenvalue weighted by Gasteiger charge is 2.15. The van der Waals surface area contributed by atoms with Crippen molar-refractivity contribution in [2.45, 2.75) is 13.3 Å². The molecule has 2 heterocycles. The van der Waals surface area contributed by atoms with E-state index in [9.17, 15) is 0 Å². The maximum atomic E-state index is 5.47. The van der Waals surface area contributed by atoms with E-state index in [-0.39, 0.29) is 0 Å². The lowest BCUT2D eigenvalue weighted by molar-refractivity contribution is 0.123. The van der Waals surface area contributed by atoms with Crippen LogP contribution in [0.1, 0.15) is 12.5 Å². The first-order valence-corrected chi connectivity index (χ1v) is 9.69. The summed E-state index contributed by atoms with van der Waals surface area (Å²) in [6.07, 6.45) is 2.79. The molecule has 4 rings (SSSR count). The topological polar surface area (TPSA) is 62.3 Å². The summed E-state index contributed by atoms with van der Waals surface area (Å²) < 4.78 is 5.47. The average Bonchev–Trinajstić information content (AvgIpc) is 2.76. The fraction of sp³-hybridized carbons (Fsp3) is 0.273. The highest BCUT2D eigenvalue weighted by molar-refractivity contribution is 5.74. The van der Waals surface area contributed by atoms with E-state index in [1.54, 1.807) is 6.20 Å². The molecule has 2 aromatic carbocycles. The first-order chi connectivity index (χ1) is 13.8. The Bertz CT molecular complexity index is 907. The standard InChI is InChI=1S/C22H25N5O/c1-2-17-7-9-18(10-8-17)24-21-11-12-23-22(26-21)25-19-5-3-4-6-20(19)27-13-15-28-16-14-27/h3-12H,2,13-16H2,1H3,(H2,23,24,25,26). The Hall–Kier alpha value is -3.12. The summed E-state index contributed by atoms with van der Waals surface area (Å²) in [7, 11) is 0. The van der Waals surface area contributed by atoms with Gasteiger partial charge in [0.1, 0.15) is 5.82 Å². The van der Waals surface area contributed by atoms with Gasteiger partial charge in [0.2, 0.25) is 5.95 Å². The van der Waals surface area contributed by atoms with E-state index in [1.807, 2.05) is 12.1 Å². The fourth-order valence-electron chi connectivity index (χ4n) is 3.24. The molecule has 0 spiro atoms. The van der Waals surface area contributed by atoms with Crippen molar-refractivity contribution in [3.05, 3.63) is 66.4 Å².